The second-order valence-electron chi connectivity index (χ2n) is 5.97. The van der Waals surface area contributed by atoms with Crippen LogP contribution in [0.4, 0.5) is 0 Å². The van der Waals surface area contributed by atoms with Crippen LogP contribution in [0.25, 0.3) is 0 Å². The molecule has 5 nitrogen and oxygen atoms in total. The lowest BCUT2D eigenvalue weighted by Crippen LogP contribution is -2.60. The van der Waals surface area contributed by atoms with Crippen molar-refractivity contribution in [3.05, 3.63) is 34.3 Å². The van der Waals surface area contributed by atoms with Crippen LogP contribution in [0.15, 0.2) is 18.2 Å². The van der Waals surface area contributed by atoms with Gasteiger partial charge in [-0.25, -0.2) is 4.79 Å². The Kier molecular flexibility index (Phi) is 5.65. The molecule has 0 unspecified atom stereocenters. The van der Waals surface area contributed by atoms with Crippen molar-refractivity contribution in [2.75, 3.05) is 26.7 Å². The van der Waals surface area contributed by atoms with E-state index < -0.39 is 5.54 Å². The van der Waals surface area contributed by atoms with Gasteiger partial charge in [-0.2, -0.15) is 0 Å². The van der Waals surface area contributed by atoms with Crippen LogP contribution in [-0.4, -0.2) is 49.1 Å². The molecule has 2 rings (SSSR count). The molecule has 0 spiro atoms. The molecular formula is C17H23ClN2O3. The van der Waals surface area contributed by atoms with E-state index in [1.54, 1.807) is 32.0 Å². The number of hydrogen-bond donors (Lipinski definition) is 1. The van der Waals surface area contributed by atoms with E-state index in [0.717, 1.165) is 13.1 Å². The molecule has 0 bridgehead atoms. The first-order chi connectivity index (χ1) is 10.9. The number of benzene rings is 1. The molecular weight excluding hydrogens is 316 g/mol. The second-order valence-corrected chi connectivity index (χ2v) is 6.38. The van der Waals surface area contributed by atoms with E-state index in [1.807, 2.05) is 7.05 Å². The number of carbonyl (C=O) groups is 2. The zero-order valence-electron chi connectivity index (χ0n) is 13.8. The zero-order chi connectivity index (χ0) is 17.0. The van der Waals surface area contributed by atoms with Gasteiger partial charge in [0, 0.05) is 23.7 Å². The molecule has 1 fully saturated rings. The summed E-state index contributed by atoms with van der Waals surface area (Å²) in [5.74, 6) is -0.649. The number of ether oxygens (including phenoxy) is 1. The third-order valence-electron chi connectivity index (χ3n) is 4.37. The minimum atomic E-state index is -0.964. The predicted octanol–water partition coefficient (Wildman–Crippen LogP) is 2.41. The van der Waals surface area contributed by atoms with E-state index in [4.69, 9.17) is 16.3 Å². The Morgan fingerprint density at radius 2 is 2.00 bits per heavy atom. The Morgan fingerprint density at radius 1 is 1.35 bits per heavy atom. The van der Waals surface area contributed by atoms with Gasteiger partial charge in [-0.3, -0.25) is 4.79 Å². The lowest BCUT2D eigenvalue weighted by Gasteiger charge is -2.39. The summed E-state index contributed by atoms with van der Waals surface area (Å²) in [5.41, 5.74) is 0.229. The van der Waals surface area contributed by atoms with Crippen LogP contribution in [0.5, 0.6) is 0 Å². The van der Waals surface area contributed by atoms with Gasteiger partial charge in [0.2, 0.25) is 0 Å². The monoisotopic (exact) mass is 338 g/mol. The minimum Gasteiger partial charge on any atom is -0.464 e. The van der Waals surface area contributed by atoms with E-state index in [2.05, 4.69) is 10.2 Å². The van der Waals surface area contributed by atoms with Gasteiger partial charge in [0.15, 0.2) is 0 Å². The number of halogens is 1. The number of piperidine rings is 1. The average Bonchev–Trinajstić information content (AvgIpc) is 2.52. The lowest BCUT2D eigenvalue weighted by atomic mass is 9.87. The van der Waals surface area contributed by atoms with E-state index in [0.29, 0.717) is 35.6 Å². The first-order valence-electron chi connectivity index (χ1n) is 7.83. The van der Waals surface area contributed by atoms with Crippen molar-refractivity contribution < 1.29 is 14.3 Å². The maximum Gasteiger partial charge on any atom is 0.331 e. The molecule has 0 aromatic heterocycles. The molecule has 1 amide bonds. The summed E-state index contributed by atoms with van der Waals surface area (Å²) in [4.78, 5) is 27.3. The Morgan fingerprint density at radius 3 is 2.61 bits per heavy atom. The highest BCUT2D eigenvalue weighted by molar-refractivity contribution is 6.31. The van der Waals surface area contributed by atoms with Crippen LogP contribution in [0.2, 0.25) is 5.02 Å². The van der Waals surface area contributed by atoms with Crippen molar-refractivity contribution in [2.45, 2.75) is 32.2 Å². The highest BCUT2D eigenvalue weighted by Crippen LogP contribution is 2.25. The largest absolute Gasteiger partial charge is 0.464 e. The Hall–Kier alpha value is -1.59. The summed E-state index contributed by atoms with van der Waals surface area (Å²) in [6, 6.07) is 5.19. The molecule has 0 radical (unpaired) electrons. The number of nitrogens with one attached hydrogen (secondary N) is 1. The van der Waals surface area contributed by atoms with Gasteiger partial charge in [0.25, 0.3) is 5.91 Å². The van der Waals surface area contributed by atoms with Crippen molar-refractivity contribution in [1.29, 1.82) is 0 Å². The molecule has 0 saturated carbocycles. The molecule has 6 heteroatoms. The Balaban J connectivity index is 2.25. The van der Waals surface area contributed by atoms with Crippen LogP contribution in [0.3, 0.4) is 0 Å². The maximum atomic E-state index is 12.7. The fraction of sp³-hybridized carbons (Fsp3) is 0.529. The first-order valence-corrected chi connectivity index (χ1v) is 8.21. The molecule has 1 aromatic rings. The van der Waals surface area contributed by atoms with Gasteiger partial charge < -0.3 is 15.0 Å². The minimum absolute atomic E-state index is 0.289. The van der Waals surface area contributed by atoms with Crippen LogP contribution >= 0.6 is 11.6 Å². The molecule has 126 valence electrons. The summed E-state index contributed by atoms with van der Waals surface area (Å²) >= 11 is 6.09. The highest BCUT2D eigenvalue weighted by Gasteiger charge is 2.43. The van der Waals surface area contributed by atoms with E-state index in [9.17, 15) is 9.59 Å². The number of amides is 1. The maximum absolute atomic E-state index is 12.7. The van der Waals surface area contributed by atoms with E-state index >= 15 is 0 Å². The Labute approximate surface area is 141 Å². The van der Waals surface area contributed by atoms with Gasteiger partial charge in [-0.15, -0.1) is 0 Å². The number of carbonyl (C=O) groups excluding carboxylic acids is 2. The molecule has 1 saturated heterocycles. The van der Waals surface area contributed by atoms with Crippen molar-refractivity contribution >= 4 is 23.5 Å². The molecule has 23 heavy (non-hydrogen) atoms. The highest BCUT2D eigenvalue weighted by atomic mass is 35.5. The van der Waals surface area contributed by atoms with E-state index in [1.165, 1.54) is 0 Å². The lowest BCUT2D eigenvalue weighted by molar-refractivity contribution is -0.152. The number of nitrogens with zero attached hydrogens (tertiary/aromatic N) is 1. The van der Waals surface area contributed by atoms with Gasteiger partial charge in [0.05, 0.1) is 6.61 Å². The molecule has 1 heterocycles. The number of rotatable bonds is 4. The van der Waals surface area contributed by atoms with Crippen LogP contribution in [0.1, 0.15) is 35.7 Å². The zero-order valence-corrected chi connectivity index (χ0v) is 14.6. The summed E-state index contributed by atoms with van der Waals surface area (Å²) in [7, 11) is 2.00. The quantitative estimate of drug-likeness (QED) is 0.856. The Bertz CT molecular complexity index is 596. The smallest absolute Gasteiger partial charge is 0.331 e. The first kappa shape index (κ1) is 17.8. The average molecular weight is 339 g/mol. The molecule has 1 aliphatic rings. The molecule has 1 N–H and O–H groups in total. The van der Waals surface area contributed by atoms with Crippen LogP contribution in [-0.2, 0) is 9.53 Å². The van der Waals surface area contributed by atoms with E-state index in [-0.39, 0.29) is 11.9 Å². The van der Waals surface area contributed by atoms with Crippen LogP contribution < -0.4 is 5.32 Å². The SMILES string of the molecule is CCOC(=O)C1(NC(=O)c2cccc(Cl)c2C)CCN(C)CC1. The summed E-state index contributed by atoms with van der Waals surface area (Å²) in [6.45, 7) is 5.32. The third kappa shape index (κ3) is 3.85. The molecule has 1 aliphatic heterocycles. The van der Waals surface area contributed by atoms with Gasteiger partial charge in [-0.1, -0.05) is 17.7 Å². The molecule has 0 atom stereocenters. The number of esters is 1. The topological polar surface area (TPSA) is 58.6 Å². The predicted molar refractivity (Wildman–Crippen MR) is 89.8 cm³/mol. The van der Waals surface area contributed by atoms with Crippen molar-refractivity contribution in [3.63, 3.8) is 0 Å². The fourth-order valence-electron chi connectivity index (χ4n) is 2.79. The van der Waals surface area contributed by atoms with Crippen LogP contribution in [0, 0.1) is 6.92 Å². The van der Waals surface area contributed by atoms with Crippen molar-refractivity contribution in [2.24, 2.45) is 0 Å². The summed E-state index contributed by atoms with van der Waals surface area (Å²) in [5, 5.41) is 3.46. The van der Waals surface area contributed by atoms with Crippen molar-refractivity contribution in [3.8, 4) is 0 Å². The van der Waals surface area contributed by atoms with Gasteiger partial charge in [0.1, 0.15) is 5.54 Å². The fourth-order valence-corrected chi connectivity index (χ4v) is 2.96. The second kappa shape index (κ2) is 7.32. The molecule has 1 aromatic carbocycles. The standard InChI is InChI=1S/C17H23ClN2O3/c1-4-23-16(22)17(8-10-20(3)11-9-17)19-15(21)13-6-5-7-14(18)12(13)2/h5-7H,4,8-11H2,1-3H3,(H,19,21). The van der Waals surface area contributed by atoms with Gasteiger partial charge >= 0.3 is 5.97 Å². The number of hydrogen-bond acceptors (Lipinski definition) is 4. The summed E-state index contributed by atoms with van der Waals surface area (Å²) < 4.78 is 5.21. The van der Waals surface area contributed by atoms with Crippen molar-refractivity contribution in [1.82, 2.24) is 10.2 Å². The number of likely N-dealkylation sites (tertiary alicyclic amines) is 1. The third-order valence-corrected chi connectivity index (χ3v) is 4.78. The summed E-state index contributed by atoms with van der Waals surface area (Å²) in [6.07, 6.45) is 1.07. The normalized spacial score (nSPS) is 17.6. The van der Waals surface area contributed by atoms with Gasteiger partial charge in [-0.05, 0) is 51.4 Å². The molecule has 0 aliphatic carbocycles.